The van der Waals surface area contributed by atoms with Gasteiger partial charge in [0.2, 0.25) is 0 Å². The summed E-state index contributed by atoms with van der Waals surface area (Å²) in [5, 5.41) is 7.28. The third-order valence-corrected chi connectivity index (χ3v) is 3.88. The van der Waals surface area contributed by atoms with Gasteiger partial charge in [-0.25, -0.2) is 4.79 Å². The average Bonchev–Trinajstić information content (AvgIpc) is 2.74. The van der Waals surface area contributed by atoms with Crippen LogP contribution in [0.3, 0.4) is 0 Å². The second-order valence-electron chi connectivity index (χ2n) is 5.45. The number of nitrogens with one attached hydrogen (secondary N) is 1. The van der Waals surface area contributed by atoms with E-state index < -0.39 is 0 Å². The van der Waals surface area contributed by atoms with Gasteiger partial charge in [0, 0.05) is 17.2 Å². The van der Waals surface area contributed by atoms with Crippen LogP contribution in [0, 0.1) is 5.92 Å². The van der Waals surface area contributed by atoms with Crippen molar-refractivity contribution in [3.8, 4) is 0 Å². The van der Waals surface area contributed by atoms with E-state index in [4.69, 9.17) is 4.74 Å². The normalized spacial score (nSPS) is 22.9. The molecular formula is C14H22N2O2. The first kappa shape index (κ1) is 13.1. The van der Waals surface area contributed by atoms with E-state index in [1.54, 1.807) is 0 Å². The van der Waals surface area contributed by atoms with E-state index in [1.807, 2.05) is 6.92 Å². The Morgan fingerprint density at radius 3 is 2.83 bits per heavy atom. The Kier molecular flexibility index (Phi) is 3.73. The third kappa shape index (κ3) is 2.16. The van der Waals surface area contributed by atoms with Gasteiger partial charge in [-0.1, -0.05) is 20.8 Å². The molecular weight excluding hydrogens is 228 g/mol. The molecule has 0 spiro atoms. The zero-order valence-electron chi connectivity index (χ0n) is 11.6. The fourth-order valence-electron chi connectivity index (χ4n) is 2.89. The van der Waals surface area contributed by atoms with Gasteiger partial charge in [-0.15, -0.1) is 0 Å². The van der Waals surface area contributed by atoms with Crippen LogP contribution in [0.2, 0.25) is 0 Å². The summed E-state index contributed by atoms with van der Waals surface area (Å²) >= 11 is 0. The molecule has 1 aliphatic carbocycles. The quantitative estimate of drug-likeness (QED) is 0.838. The number of nitrogens with zero attached hydrogens (tertiary/aromatic N) is 1. The molecule has 18 heavy (non-hydrogen) atoms. The Morgan fingerprint density at radius 2 is 2.22 bits per heavy atom. The predicted octanol–water partition coefficient (Wildman–Crippen LogP) is 3.22. The summed E-state index contributed by atoms with van der Waals surface area (Å²) < 4.78 is 5.07. The molecule has 4 heteroatoms. The lowest BCUT2D eigenvalue weighted by atomic mass is 9.76. The maximum atomic E-state index is 11.9. The van der Waals surface area contributed by atoms with E-state index in [2.05, 4.69) is 31.0 Å². The molecule has 2 rings (SSSR count). The number of hydrogen-bond acceptors (Lipinski definition) is 3. The van der Waals surface area contributed by atoms with Crippen LogP contribution in [0.5, 0.6) is 0 Å². The Labute approximate surface area is 108 Å². The van der Waals surface area contributed by atoms with Crippen LogP contribution >= 0.6 is 0 Å². The molecule has 1 aliphatic rings. The van der Waals surface area contributed by atoms with Crippen molar-refractivity contribution in [1.82, 2.24) is 10.2 Å². The second-order valence-corrected chi connectivity index (χ2v) is 5.45. The summed E-state index contributed by atoms with van der Waals surface area (Å²) in [6.07, 6.45) is 2.28. The Bertz CT molecular complexity index is 437. The third-order valence-electron chi connectivity index (χ3n) is 3.88. The van der Waals surface area contributed by atoms with Crippen molar-refractivity contribution in [3.05, 3.63) is 17.0 Å². The molecule has 0 unspecified atom stereocenters. The zero-order chi connectivity index (χ0) is 13.3. The highest BCUT2D eigenvalue weighted by Gasteiger charge is 2.33. The van der Waals surface area contributed by atoms with E-state index in [0.717, 1.165) is 24.1 Å². The maximum Gasteiger partial charge on any atom is 0.359 e. The summed E-state index contributed by atoms with van der Waals surface area (Å²) in [4.78, 5) is 11.9. The van der Waals surface area contributed by atoms with Gasteiger partial charge in [0.05, 0.1) is 6.61 Å². The van der Waals surface area contributed by atoms with Crippen molar-refractivity contribution < 1.29 is 9.53 Å². The van der Waals surface area contributed by atoms with Crippen LogP contribution in [0.1, 0.15) is 74.1 Å². The Balaban J connectivity index is 2.39. The van der Waals surface area contributed by atoms with Crippen LogP contribution < -0.4 is 0 Å². The van der Waals surface area contributed by atoms with Crippen LogP contribution in [0.4, 0.5) is 0 Å². The summed E-state index contributed by atoms with van der Waals surface area (Å²) in [5.41, 5.74) is 2.72. The van der Waals surface area contributed by atoms with Gasteiger partial charge in [0.1, 0.15) is 0 Å². The summed E-state index contributed by atoms with van der Waals surface area (Å²) in [5.74, 6) is 1.12. The molecule has 0 radical (unpaired) electrons. The minimum atomic E-state index is -0.300. The zero-order valence-corrected chi connectivity index (χ0v) is 11.6. The summed E-state index contributed by atoms with van der Waals surface area (Å²) in [6, 6.07) is 0. The highest BCUT2D eigenvalue weighted by Crippen LogP contribution is 2.42. The number of aromatic nitrogens is 2. The molecule has 1 aromatic rings. The molecule has 0 aromatic carbocycles. The van der Waals surface area contributed by atoms with Crippen LogP contribution in [0.15, 0.2) is 0 Å². The van der Waals surface area contributed by atoms with Gasteiger partial charge < -0.3 is 4.74 Å². The molecule has 1 N–H and O–H groups in total. The van der Waals surface area contributed by atoms with Gasteiger partial charge in [0.25, 0.3) is 0 Å². The number of hydrogen-bond donors (Lipinski definition) is 1. The Hall–Kier alpha value is -1.32. The van der Waals surface area contributed by atoms with Crippen LogP contribution in [-0.2, 0) is 4.74 Å². The molecule has 4 nitrogen and oxygen atoms in total. The highest BCUT2D eigenvalue weighted by atomic mass is 16.5. The molecule has 0 saturated heterocycles. The monoisotopic (exact) mass is 250 g/mol. The molecule has 0 aliphatic heterocycles. The van der Waals surface area contributed by atoms with Crippen LogP contribution in [-0.4, -0.2) is 22.8 Å². The van der Waals surface area contributed by atoms with Crippen molar-refractivity contribution in [3.63, 3.8) is 0 Å². The number of ether oxygens (including phenoxy) is 1. The van der Waals surface area contributed by atoms with E-state index in [0.29, 0.717) is 30.1 Å². The highest BCUT2D eigenvalue weighted by molar-refractivity contribution is 5.89. The van der Waals surface area contributed by atoms with Crippen molar-refractivity contribution >= 4 is 5.97 Å². The van der Waals surface area contributed by atoms with Crippen molar-refractivity contribution in [1.29, 1.82) is 0 Å². The molecule has 0 fully saturated rings. The molecule has 2 atom stereocenters. The number of carbonyl (C=O) groups excluding carboxylic acids is 1. The minimum Gasteiger partial charge on any atom is -0.461 e. The van der Waals surface area contributed by atoms with Gasteiger partial charge in [-0.05, 0) is 31.6 Å². The molecule has 100 valence electrons. The Morgan fingerprint density at radius 1 is 1.50 bits per heavy atom. The van der Waals surface area contributed by atoms with Crippen molar-refractivity contribution in [2.24, 2.45) is 5.92 Å². The number of aromatic amines is 1. The topological polar surface area (TPSA) is 55.0 Å². The number of H-pyrrole nitrogens is 1. The first-order valence-electron chi connectivity index (χ1n) is 6.81. The number of esters is 1. The van der Waals surface area contributed by atoms with Crippen molar-refractivity contribution in [2.45, 2.75) is 52.4 Å². The predicted molar refractivity (Wildman–Crippen MR) is 69.8 cm³/mol. The lowest BCUT2D eigenvalue weighted by Crippen LogP contribution is -2.18. The molecule has 0 amide bonds. The maximum absolute atomic E-state index is 11.9. The number of fused-ring (bicyclic) bond motifs is 1. The first-order chi connectivity index (χ1) is 8.56. The number of carbonyl (C=O) groups is 1. The fourth-order valence-corrected chi connectivity index (χ4v) is 2.89. The summed E-state index contributed by atoms with van der Waals surface area (Å²) in [7, 11) is 0. The first-order valence-corrected chi connectivity index (χ1v) is 6.81. The van der Waals surface area contributed by atoms with E-state index in [1.165, 1.54) is 0 Å². The van der Waals surface area contributed by atoms with Gasteiger partial charge in [-0.2, -0.15) is 5.10 Å². The van der Waals surface area contributed by atoms with Gasteiger partial charge in [-0.3, -0.25) is 5.10 Å². The van der Waals surface area contributed by atoms with Gasteiger partial charge >= 0.3 is 5.97 Å². The minimum absolute atomic E-state index is 0.300. The molecule has 1 heterocycles. The van der Waals surface area contributed by atoms with Crippen LogP contribution in [0.25, 0.3) is 0 Å². The van der Waals surface area contributed by atoms with Gasteiger partial charge in [0.15, 0.2) is 5.69 Å². The molecule has 1 aromatic heterocycles. The van der Waals surface area contributed by atoms with Crippen molar-refractivity contribution in [2.75, 3.05) is 6.61 Å². The standard InChI is InChI=1S/C14H22N2O2/c1-5-18-14(17)13-11-9(4)6-7-10(8(2)3)12(11)15-16-13/h8-10H,5-7H2,1-4H3,(H,15,16)/t9-,10+/m1/s1. The second kappa shape index (κ2) is 5.12. The smallest absolute Gasteiger partial charge is 0.359 e. The lowest BCUT2D eigenvalue weighted by molar-refractivity contribution is 0.0517. The molecule has 0 bridgehead atoms. The largest absolute Gasteiger partial charge is 0.461 e. The SMILES string of the molecule is CCOC(=O)c1n[nH]c2c1[C@H](C)CC[C@H]2C(C)C. The van der Waals surface area contributed by atoms with E-state index in [-0.39, 0.29) is 5.97 Å². The fraction of sp³-hybridized carbons (Fsp3) is 0.714. The average molecular weight is 250 g/mol. The number of rotatable bonds is 3. The summed E-state index contributed by atoms with van der Waals surface area (Å²) in [6.45, 7) is 8.80. The van der Waals surface area contributed by atoms with E-state index in [9.17, 15) is 4.79 Å². The van der Waals surface area contributed by atoms with E-state index >= 15 is 0 Å². The molecule has 0 saturated carbocycles. The lowest BCUT2D eigenvalue weighted by Gasteiger charge is -2.29.